The van der Waals surface area contributed by atoms with E-state index in [0.717, 1.165) is 31.7 Å². The largest absolute Gasteiger partial charge is 0.494 e. The van der Waals surface area contributed by atoms with Crippen LogP contribution in [0.2, 0.25) is 0 Å². The maximum absolute atomic E-state index is 14.7. The molecule has 3 rings (SSSR count). The minimum atomic E-state index is -0.889. The first-order valence-corrected chi connectivity index (χ1v) is 15.4. The monoisotopic (exact) mass is 662 g/mol. The molecule has 0 fully saturated rings. The molecule has 10 nitrogen and oxygen atoms in total. The summed E-state index contributed by atoms with van der Waals surface area (Å²) in [5.74, 6) is -2.55. The van der Waals surface area contributed by atoms with Gasteiger partial charge in [0.2, 0.25) is 0 Å². The molecule has 0 atom stereocenters. The van der Waals surface area contributed by atoms with Crippen LogP contribution < -0.4 is 18.9 Å². The number of halogens is 1. The summed E-state index contributed by atoms with van der Waals surface area (Å²) >= 11 is 0. The summed E-state index contributed by atoms with van der Waals surface area (Å²) in [7, 11) is 0. The molecule has 254 valence electrons. The number of unbranched alkanes of at least 4 members (excludes halogenated alkanes) is 3. The molecule has 0 bridgehead atoms. The molecule has 11 heteroatoms. The first-order chi connectivity index (χ1) is 23.0. The second-order valence-corrected chi connectivity index (χ2v) is 10.7. The first-order valence-electron chi connectivity index (χ1n) is 15.4. The Hall–Kier alpha value is -5.45. The fourth-order valence-corrected chi connectivity index (χ4v) is 3.90. The van der Waals surface area contributed by atoms with E-state index >= 15 is 0 Å². The lowest BCUT2D eigenvalue weighted by Gasteiger charge is -2.10. The van der Waals surface area contributed by atoms with E-state index in [1.54, 1.807) is 38.1 Å². The Bertz CT molecular complexity index is 1580. The number of carbonyl (C=O) groups excluding carboxylic acids is 4. The lowest BCUT2D eigenvalue weighted by molar-refractivity contribution is -0.140. The third-order valence-electron chi connectivity index (χ3n) is 6.52. The molecule has 48 heavy (non-hydrogen) atoms. The number of hydrogen-bond donors (Lipinski definition) is 0. The van der Waals surface area contributed by atoms with Gasteiger partial charge in [-0.15, -0.1) is 0 Å². The topological polar surface area (TPSA) is 124 Å². The van der Waals surface area contributed by atoms with Crippen LogP contribution in [-0.2, 0) is 19.1 Å². The highest BCUT2D eigenvalue weighted by Crippen LogP contribution is 2.25. The van der Waals surface area contributed by atoms with Crippen LogP contribution in [0.25, 0.3) is 0 Å². The van der Waals surface area contributed by atoms with Crippen LogP contribution in [0.1, 0.15) is 66.7 Å². The molecule has 3 aromatic rings. The van der Waals surface area contributed by atoms with Gasteiger partial charge in [0.15, 0.2) is 11.6 Å². The number of carbonyl (C=O) groups is 4. The predicted octanol–water partition coefficient (Wildman–Crippen LogP) is 7.21. The lowest BCUT2D eigenvalue weighted by atomic mass is 10.2. The third kappa shape index (κ3) is 12.7. The Kier molecular flexibility index (Phi) is 14.9. The zero-order valence-corrected chi connectivity index (χ0v) is 27.1. The highest BCUT2D eigenvalue weighted by molar-refractivity contribution is 5.92. The van der Waals surface area contributed by atoms with Crippen LogP contribution in [0.4, 0.5) is 4.39 Å². The Morgan fingerprint density at radius 3 is 1.50 bits per heavy atom. The molecule has 0 saturated carbocycles. The second-order valence-electron chi connectivity index (χ2n) is 10.7. The zero-order valence-electron chi connectivity index (χ0n) is 27.1. The first kappa shape index (κ1) is 37.0. The van der Waals surface area contributed by atoms with Crippen LogP contribution in [0.15, 0.2) is 91.0 Å². The van der Waals surface area contributed by atoms with E-state index in [1.807, 2.05) is 0 Å². The van der Waals surface area contributed by atoms with Crippen molar-refractivity contribution >= 4 is 23.9 Å². The molecule has 0 saturated heterocycles. The zero-order chi connectivity index (χ0) is 34.9. The van der Waals surface area contributed by atoms with Crippen LogP contribution in [0.3, 0.4) is 0 Å². The molecule has 0 heterocycles. The molecule has 0 radical (unpaired) electrons. The molecule has 3 aromatic carbocycles. The van der Waals surface area contributed by atoms with Gasteiger partial charge in [0, 0.05) is 23.6 Å². The van der Waals surface area contributed by atoms with E-state index in [0.29, 0.717) is 48.9 Å². The molecule has 0 aliphatic rings. The number of benzene rings is 3. The van der Waals surface area contributed by atoms with Gasteiger partial charge in [-0.05, 0) is 100 Å². The predicted molar refractivity (Wildman–Crippen MR) is 175 cm³/mol. The van der Waals surface area contributed by atoms with Gasteiger partial charge in [0.05, 0.1) is 37.6 Å². The highest BCUT2D eigenvalue weighted by atomic mass is 19.1. The maximum Gasteiger partial charge on any atom is 0.343 e. The van der Waals surface area contributed by atoms with Gasteiger partial charge in [-0.3, -0.25) is 0 Å². The fraction of sp³-hybridized carbons (Fsp3) is 0.297. The van der Waals surface area contributed by atoms with Crippen molar-refractivity contribution < 1.29 is 52.0 Å². The smallest absolute Gasteiger partial charge is 0.343 e. The van der Waals surface area contributed by atoms with E-state index in [2.05, 4.69) is 13.2 Å². The van der Waals surface area contributed by atoms with E-state index in [1.165, 1.54) is 36.4 Å². The van der Waals surface area contributed by atoms with Crippen LogP contribution >= 0.6 is 0 Å². The van der Waals surface area contributed by atoms with Crippen molar-refractivity contribution in [2.75, 3.05) is 26.4 Å². The van der Waals surface area contributed by atoms with Crippen molar-refractivity contribution in [3.05, 3.63) is 108 Å². The van der Waals surface area contributed by atoms with Gasteiger partial charge in [0.25, 0.3) is 0 Å². The summed E-state index contributed by atoms with van der Waals surface area (Å²) in [5, 5.41) is 0. The summed E-state index contributed by atoms with van der Waals surface area (Å²) in [4.78, 5) is 47.8. The van der Waals surface area contributed by atoms with Crippen molar-refractivity contribution in [2.24, 2.45) is 0 Å². The molecule has 0 aromatic heterocycles. The van der Waals surface area contributed by atoms with E-state index in [4.69, 9.17) is 28.4 Å². The normalized spacial score (nSPS) is 10.4. The quantitative estimate of drug-likeness (QED) is 0.0563. The number of esters is 4. The third-order valence-corrected chi connectivity index (χ3v) is 6.52. The SMILES string of the molecule is C=C(C)C(=O)OCCCCCCOc1ccc(C(=O)Oc2ccc(OC(=O)c3ccc(OCCCOC(=O)C(=C)C)cc3)cc2F)cc1. The van der Waals surface area contributed by atoms with Gasteiger partial charge >= 0.3 is 23.9 Å². The summed E-state index contributed by atoms with van der Waals surface area (Å²) in [6.07, 6.45) is 3.84. The number of ether oxygens (including phenoxy) is 6. The van der Waals surface area contributed by atoms with E-state index in [9.17, 15) is 23.6 Å². The number of rotatable bonds is 19. The Balaban J connectivity index is 1.38. The standard InChI is InChI=1S/C37H39FO10/c1-25(2)34(39)45-21-8-6-5-7-20-43-29-16-12-28(13-17-29)37(42)48-33-19-18-31(24-32(33)38)47-36(41)27-10-14-30(15-11-27)44-22-9-23-46-35(40)26(3)4/h10-19,24H,1,3,5-9,20-23H2,2,4H3. The van der Waals surface area contributed by atoms with Gasteiger partial charge < -0.3 is 28.4 Å². The maximum atomic E-state index is 14.7. The van der Waals surface area contributed by atoms with Gasteiger partial charge in [-0.2, -0.15) is 0 Å². The Morgan fingerprint density at radius 2 is 1.00 bits per heavy atom. The Morgan fingerprint density at radius 1 is 0.562 bits per heavy atom. The molecular formula is C37H39FO10. The molecule has 0 unspecified atom stereocenters. The van der Waals surface area contributed by atoms with E-state index < -0.39 is 23.7 Å². The van der Waals surface area contributed by atoms with Crippen LogP contribution in [0, 0.1) is 5.82 Å². The minimum Gasteiger partial charge on any atom is -0.494 e. The lowest BCUT2D eigenvalue weighted by Crippen LogP contribution is -2.11. The van der Waals surface area contributed by atoms with Gasteiger partial charge in [-0.1, -0.05) is 13.2 Å². The van der Waals surface area contributed by atoms with Crippen LogP contribution in [-0.4, -0.2) is 50.3 Å². The molecule has 0 amide bonds. The second kappa shape index (κ2) is 19.3. The molecule has 0 spiro atoms. The average Bonchev–Trinajstić information content (AvgIpc) is 3.07. The van der Waals surface area contributed by atoms with Gasteiger partial charge in [-0.25, -0.2) is 23.6 Å². The molecule has 0 aliphatic heterocycles. The van der Waals surface area contributed by atoms with Crippen molar-refractivity contribution in [2.45, 2.75) is 46.0 Å². The van der Waals surface area contributed by atoms with E-state index in [-0.39, 0.29) is 35.2 Å². The van der Waals surface area contributed by atoms with Crippen LogP contribution in [0.5, 0.6) is 23.0 Å². The highest BCUT2D eigenvalue weighted by Gasteiger charge is 2.15. The van der Waals surface area contributed by atoms with Crippen molar-refractivity contribution in [3.8, 4) is 23.0 Å². The van der Waals surface area contributed by atoms with Crippen molar-refractivity contribution in [1.82, 2.24) is 0 Å². The summed E-state index contributed by atoms with van der Waals surface area (Å²) < 4.78 is 46.5. The molecule has 0 N–H and O–H groups in total. The average molecular weight is 663 g/mol. The van der Waals surface area contributed by atoms with Gasteiger partial charge in [0.1, 0.15) is 17.2 Å². The molecular weight excluding hydrogens is 623 g/mol. The van der Waals surface area contributed by atoms with Crippen molar-refractivity contribution in [1.29, 1.82) is 0 Å². The summed E-state index contributed by atoms with van der Waals surface area (Å²) in [6.45, 7) is 11.5. The fourth-order valence-electron chi connectivity index (χ4n) is 3.90. The molecule has 0 aliphatic carbocycles. The summed E-state index contributed by atoms with van der Waals surface area (Å²) in [6, 6.07) is 15.9. The van der Waals surface area contributed by atoms with Crippen molar-refractivity contribution in [3.63, 3.8) is 0 Å². The minimum absolute atomic E-state index is 0.0744. The number of hydrogen-bond acceptors (Lipinski definition) is 10. The summed E-state index contributed by atoms with van der Waals surface area (Å²) in [5.41, 5.74) is 1.11. The Labute approximate surface area is 279 Å².